The Kier molecular flexibility index (Phi) is 3.80. The molecule has 2 aromatic carbocycles. The van der Waals surface area contributed by atoms with Gasteiger partial charge in [-0.2, -0.15) is 0 Å². The van der Waals surface area contributed by atoms with Crippen molar-refractivity contribution < 1.29 is 9.59 Å². The maximum absolute atomic E-state index is 11.0. The summed E-state index contributed by atoms with van der Waals surface area (Å²) in [5, 5.41) is 0.949. The molecule has 0 atom stereocenters. The highest BCUT2D eigenvalue weighted by Gasteiger charge is 2.10. The molecule has 2 aromatic rings. The highest BCUT2D eigenvalue weighted by molar-refractivity contribution is 6.31. The molecule has 4 heteroatoms. The monoisotopic (exact) mass is 278 g/mol. The van der Waals surface area contributed by atoms with Crippen LogP contribution in [0.25, 0.3) is 11.1 Å². The van der Waals surface area contributed by atoms with Gasteiger partial charge in [0, 0.05) is 21.2 Å². The van der Waals surface area contributed by atoms with Crippen LogP contribution in [0.1, 0.15) is 20.7 Å². The number of carbonyl (C=O) groups excluding carboxylic acids is 2. The summed E-state index contributed by atoms with van der Waals surface area (Å²) < 4.78 is 0. The molecule has 18 heavy (non-hydrogen) atoms. The second-order valence-electron chi connectivity index (χ2n) is 3.70. The lowest BCUT2D eigenvalue weighted by atomic mass is 9.96. The van der Waals surface area contributed by atoms with Crippen molar-refractivity contribution in [1.82, 2.24) is 0 Å². The number of benzene rings is 2. The molecule has 90 valence electrons. The van der Waals surface area contributed by atoms with Crippen molar-refractivity contribution >= 4 is 35.8 Å². The standard InChI is InChI=1S/C14H8Cl2O2/c15-11-1-3-13(9(5-11)7-17)14-4-2-12(16)6-10(14)8-18/h1-8H. The third-order valence-corrected chi connectivity index (χ3v) is 3.04. The molecule has 0 saturated carbocycles. The molecule has 0 unspecified atom stereocenters. The van der Waals surface area contributed by atoms with E-state index in [1.54, 1.807) is 36.4 Å². The average molecular weight is 279 g/mol. The first-order valence-corrected chi connectivity index (χ1v) is 5.91. The normalized spacial score (nSPS) is 10.1. The summed E-state index contributed by atoms with van der Waals surface area (Å²) in [4.78, 5) is 22.1. The molecule has 0 amide bonds. The molecule has 0 radical (unpaired) electrons. The van der Waals surface area contributed by atoms with Gasteiger partial charge in [-0.3, -0.25) is 9.59 Å². The molecular formula is C14H8Cl2O2. The van der Waals surface area contributed by atoms with Gasteiger partial charge in [0.25, 0.3) is 0 Å². The van der Waals surface area contributed by atoms with E-state index in [1.807, 2.05) is 0 Å². The van der Waals surface area contributed by atoms with E-state index in [9.17, 15) is 9.59 Å². The molecule has 2 nitrogen and oxygen atoms in total. The fourth-order valence-corrected chi connectivity index (χ4v) is 2.11. The van der Waals surface area contributed by atoms with Crippen molar-refractivity contribution in [1.29, 1.82) is 0 Å². The summed E-state index contributed by atoms with van der Waals surface area (Å²) in [6, 6.07) is 9.89. The molecule has 0 aliphatic carbocycles. The minimum atomic E-state index is 0.438. The number of aldehydes is 2. The van der Waals surface area contributed by atoms with E-state index in [1.165, 1.54) is 0 Å². The van der Waals surface area contributed by atoms with Crippen molar-refractivity contribution in [3.8, 4) is 11.1 Å². The second kappa shape index (κ2) is 5.34. The van der Waals surface area contributed by atoms with Gasteiger partial charge >= 0.3 is 0 Å². The van der Waals surface area contributed by atoms with Crippen LogP contribution in [0.5, 0.6) is 0 Å². The Balaban J connectivity index is 2.68. The molecule has 0 aromatic heterocycles. The van der Waals surface area contributed by atoms with E-state index >= 15 is 0 Å². The average Bonchev–Trinajstić information content (AvgIpc) is 2.38. The van der Waals surface area contributed by atoms with Gasteiger partial charge in [0.15, 0.2) is 12.6 Å². The van der Waals surface area contributed by atoms with Crippen molar-refractivity contribution in [3.63, 3.8) is 0 Å². The fourth-order valence-electron chi connectivity index (χ4n) is 1.75. The van der Waals surface area contributed by atoms with Crippen molar-refractivity contribution in [3.05, 3.63) is 57.6 Å². The Labute approximate surface area is 114 Å². The number of carbonyl (C=O) groups is 2. The van der Waals surface area contributed by atoms with Crippen molar-refractivity contribution in [2.24, 2.45) is 0 Å². The Bertz CT molecular complexity index is 566. The van der Waals surface area contributed by atoms with Gasteiger partial charge in [-0.25, -0.2) is 0 Å². The maximum Gasteiger partial charge on any atom is 0.150 e. The zero-order chi connectivity index (χ0) is 13.1. The van der Waals surface area contributed by atoms with Crippen LogP contribution in [-0.2, 0) is 0 Å². The van der Waals surface area contributed by atoms with Crippen molar-refractivity contribution in [2.45, 2.75) is 0 Å². The largest absolute Gasteiger partial charge is 0.298 e. The highest BCUT2D eigenvalue weighted by Crippen LogP contribution is 2.29. The van der Waals surface area contributed by atoms with E-state index in [0.29, 0.717) is 44.9 Å². The molecule has 0 aliphatic heterocycles. The molecule has 2 rings (SSSR count). The smallest absolute Gasteiger partial charge is 0.150 e. The van der Waals surface area contributed by atoms with Crippen molar-refractivity contribution in [2.75, 3.05) is 0 Å². The molecule has 0 fully saturated rings. The molecule has 0 saturated heterocycles. The van der Waals surface area contributed by atoms with Gasteiger partial charge < -0.3 is 0 Å². The third kappa shape index (κ3) is 2.45. The lowest BCUT2D eigenvalue weighted by molar-refractivity contribution is 0.111. The van der Waals surface area contributed by atoms with Crippen LogP contribution in [-0.4, -0.2) is 12.6 Å². The van der Waals surface area contributed by atoms with E-state index < -0.39 is 0 Å². The second-order valence-corrected chi connectivity index (χ2v) is 4.57. The van der Waals surface area contributed by atoms with E-state index in [2.05, 4.69) is 0 Å². The van der Waals surface area contributed by atoms with Crippen LogP contribution < -0.4 is 0 Å². The van der Waals surface area contributed by atoms with Gasteiger partial charge in [-0.15, -0.1) is 0 Å². The van der Waals surface area contributed by atoms with E-state index in [0.717, 1.165) is 0 Å². The van der Waals surface area contributed by atoms with Crippen LogP contribution >= 0.6 is 23.2 Å². The molecule has 0 spiro atoms. The Morgan fingerprint density at radius 3 is 1.44 bits per heavy atom. The van der Waals surface area contributed by atoms with Gasteiger partial charge in [0.05, 0.1) is 0 Å². The Hall–Kier alpha value is -1.64. The van der Waals surface area contributed by atoms with Gasteiger partial charge in [0.1, 0.15) is 0 Å². The summed E-state index contributed by atoms with van der Waals surface area (Å²) in [7, 11) is 0. The number of hydrogen-bond acceptors (Lipinski definition) is 2. The van der Waals surface area contributed by atoms with Gasteiger partial charge in [-0.05, 0) is 35.4 Å². The summed E-state index contributed by atoms with van der Waals surface area (Å²) in [6.45, 7) is 0. The number of rotatable bonds is 3. The van der Waals surface area contributed by atoms with Crippen LogP contribution in [0, 0.1) is 0 Å². The minimum absolute atomic E-state index is 0.438. The molecule has 0 heterocycles. The maximum atomic E-state index is 11.0. The van der Waals surface area contributed by atoms with Crippen LogP contribution in [0.15, 0.2) is 36.4 Å². The highest BCUT2D eigenvalue weighted by atomic mass is 35.5. The Morgan fingerprint density at radius 2 is 1.11 bits per heavy atom. The first-order chi connectivity index (χ1) is 8.65. The lowest BCUT2D eigenvalue weighted by Crippen LogP contribution is -1.92. The molecule has 0 bridgehead atoms. The number of halogens is 2. The predicted octanol–water partition coefficient (Wildman–Crippen LogP) is 4.29. The molecular weight excluding hydrogens is 271 g/mol. The summed E-state index contributed by atoms with van der Waals surface area (Å²) in [5.74, 6) is 0. The third-order valence-electron chi connectivity index (χ3n) is 2.57. The summed E-state index contributed by atoms with van der Waals surface area (Å²) in [5.41, 5.74) is 2.20. The zero-order valence-electron chi connectivity index (χ0n) is 9.19. The minimum Gasteiger partial charge on any atom is -0.298 e. The first-order valence-electron chi connectivity index (χ1n) is 5.15. The zero-order valence-corrected chi connectivity index (χ0v) is 10.7. The fraction of sp³-hybridized carbons (Fsp3) is 0. The van der Waals surface area contributed by atoms with E-state index in [4.69, 9.17) is 23.2 Å². The summed E-state index contributed by atoms with van der Waals surface area (Å²) >= 11 is 11.7. The van der Waals surface area contributed by atoms with Crippen LogP contribution in [0.3, 0.4) is 0 Å². The Morgan fingerprint density at radius 1 is 0.722 bits per heavy atom. The topological polar surface area (TPSA) is 34.1 Å². The predicted molar refractivity (Wildman–Crippen MR) is 72.7 cm³/mol. The van der Waals surface area contributed by atoms with Crippen LogP contribution in [0.4, 0.5) is 0 Å². The van der Waals surface area contributed by atoms with Gasteiger partial charge in [0.2, 0.25) is 0 Å². The SMILES string of the molecule is O=Cc1cc(Cl)ccc1-c1ccc(Cl)cc1C=O. The first kappa shape index (κ1) is 12.8. The molecule has 0 aliphatic rings. The summed E-state index contributed by atoms with van der Waals surface area (Å²) in [6.07, 6.45) is 1.43. The quantitative estimate of drug-likeness (QED) is 0.785. The van der Waals surface area contributed by atoms with E-state index in [-0.39, 0.29) is 0 Å². The lowest BCUT2D eigenvalue weighted by Gasteiger charge is -2.08. The molecule has 0 N–H and O–H groups in total. The number of hydrogen-bond donors (Lipinski definition) is 0. The van der Waals surface area contributed by atoms with Crippen LogP contribution in [0.2, 0.25) is 10.0 Å². The van der Waals surface area contributed by atoms with Gasteiger partial charge in [-0.1, -0.05) is 35.3 Å².